The Morgan fingerprint density at radius 1 is 1.12 bits per heavy atom. The third-order valence-corrected chi connectivity index (χ3v) is 4.81. The SMILES string of the molecule is COc1cc(NC(=O)CC2(C(=O)O)CCCCCC2)ccc1NC(C)=O. The zero-order valence-electron chi connectivity index (χ0n) is 15.3. The molecule has 1 aliphatic rings. The second kappa shape index (κ2) is 8.69. The van der Waals surface area contributed by atoms with E-state index in [-0.39, 0.29) is 18.2 Å². The summed E-state index contributed by atoms with van der Waals surface area (Å²) >= 11 is 0. The highest BCUT2D eigenvalue weighted by Crippen LogP contribution is 2.39. The molecule has 0 saturated heterocycles. The number of benzene rings is 1. The number of carboxylic acids is 1. The molecule has 26 heavy (non-hydrogen) atoms. The van der Waals surface area contributed by atoms with E-state index in [2.05, 4.69) is 10.6 Å². The number of ether oxygens (including phenoxy) is 1. The number of hydrogen-bond acceptors (Lipinski definition) is 4. The molecule has 0 atom stereocenters. The third-order valence-electron chi connectivity index (χ3n) is 4.81. The van der Waals surface area contributed by atoms with Gasteiger partial charge in [0, 0.05) is 25.1 Å². The molecule has 0 unspecified atom stereocenters. The lowest BCUT2D eigenvalue weighted by molar-refractivity contribution is -0.152. The first-order valence-electron chi connectivity index (χ1n) is 8.85. The molecular weight excluding hydrogens is 336 g/mol. The van der Waals surface area contributed by atoms with Gasteiger partial charge in [-0.2, -0.15) is 0 Å². The summed E-state index contributed by atoms with van der Waals surface area (Å²) in [5.41, 5.74) is 0.0136. The minimum atomic E-state index is -0.985. The molecule has 2 rings (SSSR count). The van der Waals surface area contributed by atoms with Gasteiger partial charge < -0.3 is 20.5 Å². The van der Waals surface area contributed by atoms with Crippen LogP contribution in [0.2, 0.25) is 0 Å². The zero-order chi connectivity index (χ0) is 19.2. The zero-order valence-corrected chi connectivity index (χ0v) is 15.3. The summed E-state index contributed by atoms with van der Waals surface area (Å²) in [6, 6.07) is 4.88. The Balaban J connectivity index is 2.10. The van der Waals surface area contributed by atoms with Gasteiger partial charge in [0.05, 0.1) is 18.2 Å². The molecular formula is C19H26N2O5. The van der Waals surface area contributed by atoms with Crippen LogP contribution in [0.5, 0.6) is 5.75 Å². The minimum Gasteiger partial charge on any atom is -0.494 e. The number of nitrogens with one attached hydrogen (secondary N) is 2. The molecule has 0 spiro atoms. The normalized spacial score (nSPS) is 16.2. The maximum absolute atomic E-state index is 12.5. The van der Waals surface area contributed by atoms with Gasteiger partial charge in [-0.3, -0.25) is 14.4 Å². The molecule has 3 N–H and O–H groups in total. The van der Waals surface area contributed by atoms with Gasteiger partial charge in [0.2, 0.25) is 11.8 Å². The van der Waals surface area contributed by atoms with Gasteiger partial charge in [0.25, 0.3) is 0 Å². The maximum Gasteiger partial charge on any atom is 0.310 e. The summed E-state index contributed by atoms with van der Waals surface area (Å²) in [5.74, 6) is -1.03. The third kappa shape index (κ3) is 4.97. The maximum atomic E-state index is 12.5. The lowest BCUT2D eigenvalue weighted by Crippen LogP contribution is -2.35. The van der Waals surface area contributed by atoms with Crippen LogP contribution in [0.15, 0.2) is 18.2 Å². The second-order valence-corrected chi connectivity index (χ2v) is 6.82. The monoisotopic (exact) mass is 362 g/mol. The fraction of sp³-hybridized carbons (Fsp3) is 0.526. The highest BCUT2D eigenvalue weighted by molar-refractivity contribution is 5.95. The molecule has 7 heteroatoms. The number of hydrogen-bond donors (Lipinski definition) is 3. The first kappa shape index (κ1) is 19.8. The van der Waals surface area contributed by atoms with E-state index < -0.39 is 11.4 Å². The number of methoxy groups -OCH3 is 1. The molecule has 0 radical (unpaired) electrons. The Morgan fingerprint density at radius 2 is 1.77 bits per heavy atom. The lowest BCUT2D eigenvalue weighted by Gasteiger charge is -2.27. The second-order valence-electron chi connectivity index (χ2n) is 6.82. The molecule has 0 heterocycles. The fourth-order valence-electron chi connectivity index (χ4n) is 3.45. The van der Waals surface area contributed by atoms with E-state index >= 15 is 0 Å². The molecule has 142 valence electrons. The van der Waals surface area contributed by atoms with Crippen molar-refractivity contribution in [1.29, 1.82) is 0 Å². The lowest BCUT2D eigenvalue weighted by atomic mass is 9.77. The van der Waals surface area contributed by atoms with Gasteiger partial charge >= 0.3 is 5.97 Å². The molecule has 1 saturated carbocycles. The van der Waals surface area contributed by atoms with Crippen molar-refractivity contribution < 1.29 is 24.2 Å². The molecule has 1 aromatic rings. The average molecular weight is 362 g/mol. The van der Waals surface area contributed by atoms with Crippen molar-refractivity contribution in [2.45, 2.75) is 51.9 Å². The van der Waals surface area contributed by atoms with Crippen LogP contribution in [0.4, 0.5) is 11.4 Å². The standard InChI is InChI=1S/C19H26N2O5/c1-13(22)20-15-8-7-14(11-16(15)26-2)21-17(23)12-19(18(24)25)9-5-3-4-6-10-19/h7-8,11H,3-6,9-10,12H2,1-2H3,(H,20,22)(H,21,23)(H,24,25). The van der Waals surface area contributed by atoms with E-state index in [4.69, 9.17) is 4.74 Å². The number of amides is 2. The van der Waals surface area contributed by atoms with Crippen molar-refractivity contribution in [3.63, 3.8) is 0 Å². The quantitative estimate of drug-likeness (QED) is 0.673. The summed E-state index contributed by atoms with van der Waals surface area (Å²) in [6.45, 7) is 1.40. The number of carboxylic acid groups (broad SMARTS) is 1. The van der Waals surface area contributed by atoms with Crippen LogP contribution in [0.1, 0.15) is 51.9 Å². The molecule has 0 aromatic heterocycles. The summed E-state index contributed by atoms with van der Waals surface area (Å²) < 4.78 is 5.23. The molecule has 2 amide bonds. The fourth-order valence-corrected chi connectivity index (χ4v) is 3.45. The van der Waals surface area contributed by atoms with Crippen molar-refractivity contribution in [3.05, 3.63) is 18.2 Å². The van der Waals surface area contributed by atoms with E-state index in [1.807, 2.05) is 0 Å². The van der Waals surface area contributed by atoms with Crippen LogP contribution in [0, 0.1) is 5.41 Å². The molecule has 1 aromatic carbocycles. The smallest absolute Gasteiger partial charge is 0.310 e. The molecule has 1 aliphatic carbocycles. The van der Waals surface area contributed by atoms with E-state index in [9.17, 15) is 19.5 Å². The minimum absolute atomic E-state index is 0.0436. The van der Waals surface area contributed by atoms with Crippen molar-refractivity contribution in [2.24, 2.45) is 5.41 Å². The number of aliphatic carboxylic acids is 1. The summed E-state index contributed by atoms with van der Waals surface area (Å²) in [5, 5.41) is 15.1. The van der Waals surface area contributed by atoms with Gasteiger partial charge in [0.15, 0.2) is 0 Å². The number of carbonyl (C=O) groups is 3. The first-order chi connectivity index (χ1) is 12.4. The van der Waals surface area contributed by atoms with Crippen LogP contribution >= 0.6 is 0 Å². The highest BCUT2D eigenvalue weighted by Gasteiger charge is 2.40. The average Bonchev–Trinajstić information content (AvgIpc) is 2.82. The molecule has 7 nitrogen and oxygen atoms in total. The van der Waals surface area contributed by atoms with Gasteiger partial charge in [-0.15, -0.1) is 0 Å². The van der Waals surface area contributed by atoms with E-state index in [1.54, 1.807) is 18.2 Å². The summed E-state index contributed by atoms with van der Waals surface area (Å²) in [6.07, 6.45) is 4.70. The largest absolute Gasteiger partial charge is 0.494 e. The summed E-state index contributed by atoms with van der Waals surface area (Å²) in [7, 11) is 1.47. The van der Waals surface area contributed by atoms with Crippen LogP contribution in [-0.4, -0.2) is 30.0 Å². The predicted octanol–water partition coefficient (Wildman–Crippen LogP) is 3.41. The number of anilines is 2. The number of carbonyl (C=O) groups excluding carboxylic acids is 2. The summed E-state index contributed by atoms with van der Waals surface area (Å²) in [4.78, 5) is 35.5. The van der Waals surface area contributed by atoms with Crippen LogP contribution in [0.25, 0.3) is 0 Å². The van der Waals surface area contributed by atoms with Gasteiger partial charge in [-0.05, 0) is 25.0 Å². The van der Waals surface area contributed by atoms with Gasteiger partial charge in [0.1, 0.15) is 5.75 Å². The number of rotatable bonds is 6. The van der Waals surface area contributed by atoms with Crippen LogP contribution < -0.4 is 15.4 Å². The van der Waals surface area contributed by atoms with Crippen molar-refractivity contribution >= 4 is 29.2 Å². The molecule has 0 bridgehead atoms. The Bertz CT molecular complexity index is 679. The van der Waals surface area contributed by atoms with Crippen LogP contribution in [0.3, 0.4) is 0 Å². The Labute approximate surface area is 153 Å². The highest BCUT2D eigenvalue weighted by atomic mass is 16.5. The Kier molecular flexibility index (Phi) is 6.60. The van der Waals surface area contributed by atoms with Crippen LogP contribution in [-0.2, 0) is 14.4 Å². The van der Waals surface area contributed by atoms with E-state index in [1.165, 1.54) is 14.0 Å². The predicted molar refractivity (Wildman–Crippen MR) is 98.3 cm³/mol. The molecule has 1 fully saturated rings. The van der Waals surface area contributed by atoms with Crippen molar-refractivity contribution in [3.8, 4) is 5.75 Å². The van der Waals surface area contributed by atoms with Crippen molar-refractivity contribution in [2.75, 3.05) is 17.7 Å². The Morgan fingerprint density at radius 3 is 2.31 bits per heavy atom. The molecule has 0 aliphatic heterocycles. The van der Waals surface area contributed by atoms with Gasteiger partial charge in [-0.1, -0.05) is 25.7 Å². The van der Waals surface area contributed by atoms with E-state index in [0.29, 0.717) is 30.0 Å². The van der Waals surface area contributed by atoms with Crippen molar-refractivity contribution in [1.82, 2.24) is 0 Å². The van der Waals surface area contributed by atoms with Gasteiger partial charge in [-0.25, -0.2) is 0 Å². The topological polar surface area (TPSA) is 105 Å². The van der Waals surface area contributed by atoms with E-state index in [0.717, 1.165) is 25.7 Å². The first-order valence-corrected chi connectivity index (χ1v) is 8.85. The Hall–Kier alpha value is -2.57.